The number of ketones is 1. The zero-order chi connectivity index (χ0) is 16.8. The Morgan fingerprint density at radius 1 is 0.864 bits per heavy atom. The van der Waals surface area contributed by atoms with Gasteiger partial charge in [-0.3, -0.25) is 4.79 Å². The third-order valence-corrected chi connectivity index (χ3v) is 3.42. The largest absolute Gasteiger partial charge is 0.480 e. The topological polar surface area (TPSA) is 101 Å². The third kappa shape index (κ3) is 11.3. The van der Waals surface area contributed by atoms with Crippen molar-refractivity contribution in [2.24, 2.45) is 0 Å². The van der Waals surface area contributed by atoms with Crippen molar-refractivity contribution >= 4 is 17.7 Å². The van der Waals surface area contributed by atoms with Crippen LogP contribution in [0.5, 0.6) is 0 Å². The number of hydrogen-bond acceptors (Lipinski definition) is 4. The second-order valence-corrected chi connectivity index (χ2v) is 5.47. The normalized spacial score (nSPS) is 12.0. The Morgan fingerprint density at radius 3 is 1.82 bits per heavy atom. The van der Waals surface area contributed by atoms with E-state index in [1.807, 2.05) is 0 Å². The molecule has 0 aromatic rings. The minimum atomic E-state index is -1.66. The van der Waals surface area contributed by atoms with Gasteiger partial charge in [-0.1, -0.05) is 58.3 Å². The summed E-state index contributed by atoms with van der Waals surface area (Å²) in [6.45, 7) is 1.40. The maximum absolute atomic E-state index is 11.7. The van der Waals surface area contributed by atoms with E-state index >= 15 is 0 Å². The van der Waals surface area contributed by atoms with E-state index in [9.17, 15) is 14.4 Å². The monoisotopic (exact) mass is 316 g/mol. The summed E-state index contributed by atoms with van der Waals surface area (Å²) in [7, 11) is 0. The molecule has 0 spiro atoms. The van der Waals surface area contributed by atoms with Gasteiger partial charge in [-0.15, -0.1) is 0 Å². The van der Waals surface area contributed by atoms with Crippen LogP contribution in [0.15, 0.2) is 0 Å². The number of rotatable bonds is 15. The predicted octanol–water partition coefficient (Wildman–Crippen LogP) is 3.03. The van der Waals surface area contributed by atoms with Crippen molar-refractivity contribution in [1.29, 1.82) is 0 Å². The predicted molar refractivity (Wildman–Crippen MR) is 81.9 cm³/mol. The van der Waals surface area contributed by atoms with Crippen molar-refractivity contribution < 1.29 is 29.3 Å². The van der Waals surface area contributed by atoms with Crippen LogP contribution in [0.4, 0.5) is 0 Å². The molecule has 22 heavy (non-hydrogen) atoms. The summed E-state index contributed by atoms with van der Waals surface area (Å²) >= 11 is 0. The molecule has 0 radical (unpaired) electrons. The van der Waals surface area contributed by atoms with E-state index in [1.54, 1.807) is 0 Å². The van der Waals surface area contributed by atoms with Crippen LogP contribution in [-0.4, -0.2) is 40.6 Å². The summed E-state index contributed by atoms with van der Waals surface area (Å²) in [5.41, 5.74) is 0. The first-order valence-electron chi connectivity index (χ1n) is 8.08. The fourth-order valence-corrected chi connectivity index (χ4v) is 2.20. The van der Waals surface area contributed by atoms with Crippen LogP contribution in [0.2, 0.25) is 0 Å². The van der Waals surface area contributed by atoms with E-state index < -0.39 is 30.4 Å². The van der Waals surface area contributed by atoms with Crippen molar-refractivity contribution in [2.75, 3.05) is 6.61 Å². The molecular formula is C16H28O6. The first-order valence-corrected chi connectivity index (χ1v) is 8.08. The van der Waals surface area contributed by atoms with Crippen molar-refractivity contribution in [2.45, 2.75) is 77.2 Å². The molecule has 0 aromatic heterocycles. The Bertz CT molecular complexity index is 340. The molecule has 2 N–H and O–H groups in total. The first-order chi connectivity index (χ1) is 10.5. The Balaban J connectivity index is 3.72. The van der Waals surface area contributed by atoms with Crippen LogP contribution in [0, 0.1) is 0 Å². The van der Waals surface area contributed by atoms with Crippen molar-refractivity contribution in [3.05, 3.63) is 0 Å². The Labute approximate surface area is 131 Å². The maximum Gasteiger partial charge on any atom is 0.340 e. The van der Waals surface area contributed by atoms with Crippen molar-refractivity contribution in [3.63, 3.8) is 0 Å². The van der Waals surface area contributed by atoms with Crippen LogP contribution in [0.25, 0.3) is 0 Å². The zero-order valence-electron chi connectivity index (χ0n) is 13.4. The van der Waals surface area contributed by atoms with E-state index in [-0.39, 0.29) is 6.42 Å². The van der Waals surface area contributed by atoms with Gasteiger partial charge in [0, 0.05) is 6.42 Å². The summed E-state index contributed by atoms with van der Waals surface area (Å²) < 4.78 is 4.61. The summed E-state index contributed by atoms with van der Waals surface area (Å²) in [5.74, 6) is -3.28. The number of carbonyl (C=O) groups excluding carboxylic acids is 1. The lowest BCUT2D eigenvalue weighted by molar-refractivity contribution is -0.160. The molecule has 6 heteroatoms. The van der Waals surface area contributed by atoms with Gasteiger partial charge < -0.3 is 14.9 Å². The molecule has 6 nitrogen and oxygen atoms in total. The molecule has 0 aliphatic heterocycles. The number of hydrogen-bond donors (Lipinski definition) is 2. The van der Waals surface area contributed by atoms with Crippen molar-refractivity contribution in [1.82, 2.24) is 0 Å². The van der Waals surface area contributed by atoms with Gasteiger partial charge in [-0.25, -0.2) is 9.59 Å². The van der Waals surface area contributed by atoms with Gasteiger partial charge in [0.05, 0.1) is 0 Å². The van der Waals surface area contributed by atoms with Crippen LogP contribution in [-0.2, 0) is 19.1 Å². The van der Waals surface area contributed by atoms with Crippen LogP contribution < -0.4 is 0 Å². The van der Waals surface area contributed by atoms with Gasteiger partial charge in [0.1, 0.15) is 6.61 Å². The number of carbonyl (C=O) groups is 3. The molecule has 0 rings (SSSR count). The third-order valence-electron chi connectivity index (χ3n) is 3.42. The molecule has 1 atom stereocenters. The van der Waals surface area contributed by atoms with Gasteiger partial charge in [0.25, 0.3) is 0 Å². The lowest BCUT2D eigenvalue weighted by Gasteiger charge is -2.11. The van der Waals surface area contributed by atoms with E-state index in [2.05, 4.69) is 11.7 Å². The number of aliphatic carboxylic acids is 2. The first kappa shape index (κ1) is 20.6. The Hall–Kier alpha value is -1.43. The average molecular weight is 316 g/mol. The summed E-state index contributed by atoms with van der Waals surface area (Å²) in [5, 5.41) is 17.3. The van der Waals surface area contributed by atoms with Gasteiger partial charge in [0.2, 0.25) is 6.10 Å². The SMILES string of the molecule is CCCCCCCCCCCC(=O)C(OCC(=O)O)C(=O)O. The molecule has 0 heterocycles. The average Bonchev–Trinajstić information content (AvgIpc) is 2.45. The highest BCUT2D eigenvalue weighted by molar-refractivity contribution is 6.01. The quantitative estimate of drug-likeness (QED) is 0.356. The maximum atomic E-state index is 11.7. The molecule has 128 valence electrons. The van der Waals surface area contributed by atoms with Gasteiger partial charge in [0.15, 0.2) is 5.78 Å². The number of carboxylic acids is 2. The minimum Gasteiger partial charge on any atom is -0.480 e. The molecule has 0 saturated heterocycles. The molecule has 0 aliphatic carbocycles. The molecule has 0 aliphatic rings. The molecular weight excluding hydrogens is 288 g/mol. The van der Waals surface area contributed by atoms with Crippen LogP contribution in [0.1, 0.15) is 71.1 Å². The van der Waals surface area contributed by atoms with E-state index in [0.29, 0.717) is 6.42 Å². The lowest BCUT2D eigenvalue weighted by atomic mass is 10.0. The van der Waals surface area contributed by atoms with E-state index in [0.717, 1.165) is 19.3 Å². The fraction of sp³-hybridized carbons (Fsp3) is 0.812. The number of carboxylic acid groups (broad SMARTS) is 2. The second-order valence-electron chi connectivity index (χ2n) is 5.47. The smallest absolute Gasteiger partial charge is 0.340 e. The highest BCUT2D eigenvalue weighted by Crippen LogP contribution is 2.11. The highest BCUT2D eigenvalue weighted by atomic mass is 16.5. The Morgan fingerprint density at radius 2 is 1.36 bits per heavy atom. The van der Waals surface area contributed by atoms with Gasteiger partial charge in [-0.2, -0.15) is 0 Å². The number of unbranched alkanes of at least 4 members (excludes halogenated alkanes) is 8. The lowest BCUT2D eigenvalue weighted by Crippen LogP contribution is -2.34. The standard InChI is InChI=1S/C16H28O6/c1-2-3-4-5-6-7-8-9-10-11-13(17)15(16(20)21)22-12-14(18)19/h15H,2-12H2,1H3,(H,18,19)(H,20,21). The molecule has 0 amide bonds. The second kappa shape index (κ2) is 13.2. The van der Waals surface area contributed by atoms with E-state index in [1.165, 1.54) is 32.1 Å². The summed E-state index contributed by atoms with van der Waals surface area (Å²) in [6.07, 6.45) is 8.36. The fourth-order valence-electron chi connectivity index (χ4n) is 2.20. The molecule has 1 unspecified atom stereocenters. The van der Waals surface area contributed by atoms with Gasteiger partial charge >= 0.3 is 11.9 Å². The van der Waals surface area contributed by atoms with Crippen LogP contribution in [0.3, 0.4) is 0 Å². The van der Waals surface area contributed by atoms with Gasteiger partial charge in [-0.05, 0) is 6.42 Å². The molecule has 0 saturated carbocycles. The summed E-state index contributed by atoms with van der Waals surface area (Å²) in [4.78, 5) is 32.9. The van der Waals surface area contributed by atoms with Crippen molar-refractivity contribution in [3.8, 4) is 0 Å². The number of ether oxygens (including phenoxy) is 1. The molecule has 0 bridgehead atoms. The Kier molecular flexibility index (Phi) is 12.4. The zero-order valence-corrected chi connectivity index (χ0v) is 13.4. The van der Waals surface area contributed by atoms with Crippen LogP contribution >= 0.6 is 0 Å². The molecule has 0 fully saturated rings. The minimum absolute atomic E-state index is 0.117. The van der Waals surface area contributed by atoms with E-state index in [4.69, 9.17) is 10.2 Å². The number of Topliss-reactive ketones (excluding diaryl/α,β-unsaturated/α-hetero) is 1. The highest BCUT2D eigenvalue weighted by Gasteiger charge is 2.27. The molecule has 0 aromatic carbocycles. The summed E-state index contributed by atoms with van der Waals surface area (Å²) in [6, 6.07) is 0.